The Balaban J connectivity index is 1.79. The fourth-order valence-corrected chi connectivity index (χ4v) is 0.941. The van der Waals surface area contributed by atoms with Gasteiger partial charge in [0.2, 0.25) is 0 Å². The molecule has 0 amide bonds. The van der Waals surface area contributed by atoms with Crippen LogP contribution in [0.5, 0.6) is 0 Å². The summed E-state index contributed by atoms with van der Waals surface area (Å²) in [7, 11) is 0. The molecule has 1 N–H and O–H groups in total. The Kier molecular flexibility index (Phi) is 4.13. The molecule has 2 heteroatoms. The van der Waals surface area contributed by atoms with Crippen LogP contribution in [-0.4, -0.2) is 25.8 Å². The Hall–Kier alpha value is -0.520. The maximum Gasteiger partial charge on any atom is 0.0659 e. The molecule has 1 saturated carbocycles. The van der Waals surface area contributed by atoms with Crippen LogP contribution in [0.4, 0.5) is 0 Å². The van der Waals surface area contributed by atoms with Crippen molar-refractivity contribution in [3.8, 4) is 12.3 Å². The van der Waals surface area contributed by atoms with Crippen molar-refractivity contribution in [2.45, 2.75) is 25.8 Å². The van der Waals surface area contributed by atoms with Crippen molar-refractivity contribution in [3.05, 3.63) is 0 Å². The predicted octanol–water partition coefficient (Wildman–Crippen LogP) is 1.02. The van der Waals surface area contributed by atoms with Gasteiger partial charge in [-0.1, -0.05) is 5.92 Å². The molecule has 0 bridgehead atoms. The van der Waals surface area contributed by atoms with Crippen LogP contribution >= 0.6 is 0 Å². The smallest absolute Gasteiger partial charge is 0.0659 e. The van der Waals surface area contributed by atoms with E-state index in [9.17, 15) is 0 Å². The SMILES string of the molecule is C#CC(C)NCCOCC1CC1. The van der Waals surface area contributed by atoms with E-state index in [0.29, 0.717) is 0 Å². The number of nitrogens with one attached hydrogen (secondary N) is 1. The Morgan fingerprint density at radius 2 is 2.42 bits per heavy atom. The van der Waals surface area contributed by atoms with Crippen LogP contribution in [-0.2, 0) is 4.74 Å². The zero-order valence-electron chi connectivity index (χ0n) is 7.68. The summed E-state index contributed by atoms with van der Waals surface area (Å²) in [6, 6.07) is 0.162. The van der Waals surface area contributed by atoms with Crippen LogP contribution in [0.25, 0.3) is 0 Å². The Bertz CT molecular complexity index is 158. The van der Waals surface area contributed by atoms with E-state index in [2.05, 4.69) is 11.2 Å². The van der Waals surface area contributed by atoms with E-state index in [0.717, 1.165) is 25.7 Å². The molecule has 1 fully saturated rings. The molecule has 0 radical (unpaired) electrons. The first-order valence-corrected chi connectivity index (χ1v) is 4.60. The van der Waals surface area contributed by atoms with Gasteiger partial charge in [0.05, 0.1) is 12.6 Å². The third kappa shape index (κ3) is 4.38. The lowest BCUT2D eigenvalue weighted by molar-refractivity contribution is 0.125. The Morgan fingerprint density at radius 3 is 3.00 bits per heavy atom. The average Bonchev–Trinajstić information content (AvgIpc) is 2.87. The zero-order valence-corrected chi connectivity index (χ0v) is 7.68. The molecule has 12 heavy (non-hydrogen) atoms. The largest absolute Gasteiger partial charge is 0.380 e. The van der Waals surface area contributed by atoms with Crippen LogP contribution in [0.15, 0.2) is 0 Å². The standard InChI is InChI=1S/C10H17NO/c1-3-9(2)11-6-7-12-8-10-4-5-10/h1,9-11H,4-8H2,2H3. The highest BCUT2D eigenvalue weighted by Crippen LogP contribution is 2.28. The molecule has 1 aliphatic carbocycles. The number of ether oxygens (including phenoxy) is 1. The Morgan fingerprint density at radius 1 is 1.67 bits per heavy atom. The minimum atomic E-state index is 0.162. The van der Waals surface area contributed by atoms with E-state index in [1.807, 2.05) is 6.92 Å². The van der Waals surface area contributed by atoms with Crippen LogP contribution in [0.1, 0.15) is 19.8 Å². The first-order chi connectivity index (χ1) is 5.83. The van der Waals surface area contributed by atoms with Gasteiger partial charge in [-0.2, -0.15) is 0 Å². The summed E-state index contributed by atoms with van der Waals surface area (Å²) < 4.78 is 5.42. The molecule has 0 aliphatic heterocycles. The third-order valence-corrected chi connectivity index (χ3v) is 2.00. The summed E-state index contributed by atoms with van der Waals surface area (Å²) in [5.74, 6) is 3.47. The second-order valence-corrected chi connectivity index (χ2v) is 3.36. The summed E-state index contributed by atoms with van der Waals surface area (Å²) in [5.41, 5.74) is 0. The van der Waals surface area contributed by atoms with E-state index in [4.69, 9.17) is 11.2 Å². The summed E-state index contributed by atoms with van der Waals surface area (Å²) >= 11 is 0. The monoisotopic (exact) mass is 167 g/mol. The van der Waals surface area contributed by atoms with Crippen LogP contribution in [0, 0.1) is 18.3 Å². The van der Waals surface area contributed by atoms with Gasteiger partial charge in [-0.05, 0) is 25.7 Å². The number of terminal acetylenes is 1. The second kappa shape index (κ2) is 5.18. The van der Waals surface area contributed by atoms with E-state index in [1.54, 1.807) is 0 Å². The van der Waals surface area contributed by atoms with Gasteiger partial charge in [-0.15, -0.1) is 6.42 Å². The molecule has 68 valence electrons. The van der Waals surface area contributed by atoms with Gasteiger partial charge in [0.15, 0.2) is 0 Å². The maximum absolute atomic E-state index is 5.42. The van der Waals surface area contributed by atoms with E-state index >= 15 is 0 Å². The molecular weight excluding hydrogens is 150 g/mol. The molecule has 0 saturated heterocycles. The molecule has 1 atom stereocenters. The van der Waals surface area contributed by atoms with Gasteiger partial charge in [0.1, 0.15) is 0 Å². The molecular formula is C10H17NO. The fourth-order valence-electron chi connectivity index (χ4n) is 0.941. The van der Waals surface area contributed by atoms with Crippen LogP contribution in [0.3, 0.4) is 0 Å². The van der Waals surface area contributed by atoms with Crippen molar-refractivity contribution >= 4 is 0 Å². The maximum atomic E-state index is 5.42. The molecule has 0 spiro atoms. The average molecular weight is 167 g/mol. The van der Waals surface area contributed by atoms with E-state index in [-0.39, 0.29) is 6.04 Å². The highest BCUT2D eigenvalue weighted by atomic mass is 16.5. The van der Waals surface area contributed by atoms with E-state index < -0.39 is 0 Å². The lowest BCUT2D eigenvalue weighted by atomic mass is 10.3. The number of hydrogen-bond acceptors (Lipinski definition) is 2. The summed E-state index contributed by atoms with van der Waals surface area (Å²) in [4.78, 5) is 0. The third-order valence-electron chi connectivity index (χ3n) is 2.00. The zero-order chi connectivity index (χ0) is 8.81. The normalized spacial score (nSPS) is 18.7. The lowest BCUT2D eigenvalue weighted by Gasteiger charge is -2.07. The summed E-state index contributed by atoms with van der Waals surface area (Å²) in [6.45, 7) is 4.55. The van der Waals surface area contributed by atoms with Gasteiger partial charge in [0.25, 0.3) is 0 Å². The van der Waals surface area contributed by atoms with E-state index in [1.165, 1.54) is 12.8 Å². The lowest BCUT2D eigenvalue weighted by Crippen LogP contribution is -2.28. The van der Waals surface area contributed by atoms with Gasteiger partial charge < -0.3 is 10.1 Å². The molecule has 1 aliphatic rings. The highest BCUT2D eigenvalue weighted by molar-refractivity contribution is 4.95. The number of rotatable bonds is 6. The molecule has 0 heterocycles. The fraction of sp³-hybridized carbons (Fsp3) is 0.800. The summed E-state index contributed by atoms with van der Waals surface area (Å²) in [6.07, 6.45) is 7.90. The van der Waals surface area contributed by atoms with Gasteiger partial charge in [0, 0.05) is 13.2 Å². The first kappa shape index (κ1) is 9.57. The van der Waals surface area contributed by atoms with Gasteiger partial charge >= 0.3 is 0 Å². The molecule has 1 rings (SSSR count). The van der Waals surface area contributed by atoms with Crippen molar-refractivity contribution in [1.82, 2.24) is 5.32 Å². The van der Waals surface area contributed by atoms with Gasteiger partial charge in [-0.25, -0.2) is 0 Å². The van der Waals surface area contributed by atoms with Crippen LogP contribution in [0.2, 0.25) is 0 Å². The number of hydrogen-bond donors (Lipinski definition) is 1. The minimum absolute atomic E-state index is 0.162. The minimum Gasteiger partial charge on any atom is -0.380 e. The quantitative estimate of drug-likeness (QED) is 0.471. The van der Waals surface area contributed by atoms with Crippen molar-refractivity contribution in [1.29, 1.82) is 0 Å². The van der Waals surface area contributed by atoms with Crippen molar-refractivity contribution < 1.29 is 4.74 Å². The molecule has 0 aromatic carbocycles. The second-order valence-electron chi connectivity index (χ2n) is 3.36. The first-order valence-electron chi connectivity index (χ1n) is 4.60. The Labute approximate surface area is 74.7 Å². The topological polar surface area (TPSA) is 21.3 Å². The summed E-state index contributed by atoms with van der Waals surface area (Å²) in [5, 5.41) is 3.17. The van der Waals surface area contributed by atoms with Crippen LogP contribution < -0.4 is 5.32 Å². The van der Waals surface area contributed by atoms with Crippen molar-refractivity contribution in [2.24, 2.45) is 5.92 Å². The molecule has 0 aromatic rings. The predicted molar refractivity (Wildman–Crippen MR) is 49.8 cm³/mol. The van der Waals surface area contributed by atoms with Gasteiger partial charge in [-0.3, -0.25) is 0 Å². The molecule has 2 nitrogen and oxygen atoms in total. The van der Waals surface area contributed by atoms with Crippen molar-refractivity contribution in [2.75, 3.05) is 19.8 Å². The van der Waals surface area contributed by atoms with Crippen molar-refractivity contribution in [3.63, 3.8) is 0 Å². The highest BCUT2D eigenvalue weighted by Gasteiger charge is 2.20. The molecule has 0 aromatic heterocycles. The molecule has 1 unspecified atom stereocenters.